The first-order chi connectivity index (χ1) is 5.77. The number of aldehydes is 1. The highest BCUT2D eigenvalue weighted by Gasteiger charge is 1.97. The Morgan fingerprint density at radius 1 is 1.25 bits per heavy atom. The molecule has 1 aromatic rings. The van der Waals surface area contributed by atoms with E-state index in [9.17, 15) is 4.79 Å². The van der Waals surface area contributed by atoms with Crippen LogP contribution >= 0.6 is 23.2 Å². The van der Waals surface area contributed by atoms with E-state index in [0.29, 0.717) is 16.9 Å². The summed E-state index contributed by atoms with van der Waals surface area (Å²) >= 11 is 11.1. The number of rotatable bonds is 2. The van der Waals surface area contributed by atoms with Gasteiger partial charge in [-0.2, -0.15) is 0 Å². The van der Waals surface area contributed by atoms with E-state index in [2.05, 4.69) is 0 Å². The van der Waals surface area contributed by atoms with Gasteiger partial charge in [0.1, 0.15) is 0 Å². The Hall–Kier alpha value is -0.790. The van der Waals surface area contributed by atoms with Gasteiger partial charge in [0.25, 0.3) is 0 Å². The zero-order chi connectivity index (χ0) is 8.97. The molecule has 0 saturated heterocycles. The summed E-state index contributed by atoms with van der Waals surface area (Å²) in [4.78, 5) is 10.4. The molecule has 0 aliphatic rings. The molecule has 62 valence electrons. The lowest BCUT2D eigenvalue weighted by atomic mass is 10.1. The molecule has 0 atom stereocenters. The lowest BCUT2D eigenvalue weighted by molar-refractivity contribution is -0.103. The van der Waals surface area contributed by atoms with Crippen molar-refractivity contribution in [2.24, 2.45) is 0 Å². The fourth-order valence-corrected chi connectivity index (χ4v) is 1.10. The molecule has 0 heterocycles. The Morgan fingerprint density at radius 3 is 2.25 bits per heavy atom. The van der Waals surface area contributed by atoms with Gasteiger partial charge in [0.05, 0.1) is 0 Å². The number of allylic oxidation sites excluding steroid dienone is 1. The van der Waals surface area contributed by atoms with Gasteiger partial charge in [-0.1, -0.05) is 35.3 Å². The largest absolute Gasteiger partial charge is 0.298 e. The van der Waals surface area contributed by atoms with Gasteiger partial charge in [0, 0.05) is 16.1 Å². The van der Waals surface area contributed by atoms with E-state index < -0.39 is 0 Å². The maximum atomic E-state index is 10.4. The Morgan fingerprint density at radius 2 is 1.83 bits per heavy atom. The topological polar surface area (TPSA) is 17.1 Å². The molecule has 0 amide bonds. The van der Waals surface area contributed by atoms with Gasteiger partial charge in [-0.25, -0.2) is 0 Å². The van der Waals surface area contributed by atoms with Crippen molar-refractivity contribution in [3.05, 3.63) is 40.4 Å². The fraction of sp³-hybridized carbons (Fsp3) is 0. The SMILES string of the molecule is O=CC(=CCl)c1ccc(Cl)cc1. The number of benzene rings is 1. The van der Waals surface area contributed by atoms with Crippen LogP contribution in [0.4, 0.5) is 0 Å². The van der Waals surface area contributed by atoms with Crippen LogP contribution < -0.4 is 0 Å². The van der Waals surface area contributed by atoms with E-state index in [4.69, 9.17) is 23.2 Å². The zero-order valence-corrected chi connectivity index (χ0v) is 7.64. The van der Waals surface area contributed by atoms with Crippen molar-refractivity contribution in [1.29, 1.82) is 0 Å². The molecular formula is C9H6Cl2O. The van der Waals surface area contributed by atoms with Crippen LogP contribution in [0.2, 0.25) is 5.02 Å². The van der Waals surface area contributed by atoms with Gasteiger partial charge in [-0.3, -0.25) is 4.79 Å². The van der Waals surface area contributed by atoms with Crippen molar-refractivity contribution in [2.45, 2.75) is 0 Å². The fourth-order valence-electron chi connectivity index (χ4n) is 0.799. The molecule has 0 spiro atoms. The van der Waals surface area contributed by atoms with Gasteiger partial charge in [0.15, 0.2) is 6.29 Å². The van der Waals surface area contributed by atoms with E-state index in [1.807, 2.05) is 0 Å². The van der Waals surface area contributed by atoms with Crippen molar-refractivity contribution in [3.63, 3.8) is 0 Å². The molecule has 3 heteroatoms. The zero-order valence-electron chi connectivity index (χ0n) is 6.13. The third-order valence-corrected chi connectivity index (χ3v) is 1.91. The predicted molar refractivity (Wildman–Crippen MR) is 51.3 cm³/mol. The van der Waals surface area contributed by atoms with Crippen LogP contribution in [0.1, 0.15) is 5.56 Å². The summed E-state index contributed by atoms with van der Waals surface area (Å²) in [6.07, 6.45) is 0.705. The van der Waals surface area contributed by atoms with Gasteiger partial charge < -0.3 is 0 Å². The molecule has 0 aromatic heterocycles. The minimum Gasteiger partial charge on any atom is -0.298 e. The number of carbonyl (C=O) groups excluding carboxylic acids is 1. The molecular weight excluding hydrogens is 195 g/mol. The first kappa shape index (κ1) is 9.30. The minimum absolute atomic E-state index is 0.452. The van der Waals surface area contributed by atoms with Crippen LogP contribution in [0.25, 0.3) is 5.57 Å². The van der Waals surface area contributed by atoms with E-state index in [1.165, 1.54) is 5.54 Å². The van der Waals surface area contributed by atoms with Gasteiger partial charge in [0.2, 0.25) is 0 Å². The van der Waals surface area contributed by atoms with Crippen LogP contribution in [0.15, 0.2) is 29.8 Å². The molecule has 0 radical (unpaired) electrons. The lowest BCUT2D eigenvalue weighted by Gasteiger charge is -1.97. The Labute approximate surface area is 80.6 Å². The van der Waals surface area contributed by atoms with Crippen LogP contribution in [-0.2, 0) is 4.79 Å². The van der Waals surface area contributed by atoms with Crippen LogP contribution in [-0.4, -0.2) is 6.29 Å². The molecule has 0 bridgehead atoms. The Balaban J connectivity index is 3.04. The predicted octanol–water partition coefficient (Wildman–Crippen LogP) is 3.12. The van der Waals surface area contributed by atoms with E-state index in [1.54, 1.807) is 24.3 Å². The van der Waals surface area contributed by atoms with Crippen LogP contribution in [0.3, 0.4) is 0 Å². The lowest BCUT2D eigenvalue weighted by Crippen LogP contribution is -1.83. The maximum Gasteiger partial charge on any atom is 0.151 e. The van der Waals surface area contributed by atoms with Gasteiger partial charge >= 0.3 is 0 Å². The molecule has 0 saturated carbocycles. The monoisotopic (exact) mass is 200 g/mol. The Kier molecular flexibility index (Phi) is 3.32. The van der Waals surface area contributed by atoms with Crippen molar-refractivity contribution in [2.75, 3.05) is 0 Å². The summed E-state index contributed by atoms with van der Waals surface area (Å²) in [5, 5.41) is 0.638. The molecule has 1 aromatic carbocycles. The molecule has 0 N–H and O–H groups in total. The van der Waals surface area contributed by atoms with E-state index >= 15 is 0 Å². The van der Waals surface area contributed by atoms with E-state index in [0.717, 1.165) is 5.56 Å². The molecule has 12 heavy (non-hydrogen) atoms. The summed E-state index contributed by atoms with van der Waals surface area (Å²) < 4.78 is 0. The highest BCUT2D eigenvalue weighted by atomic mass is 35.5. The summed E-state index contributed by atoms with van der Waals surface area (Å²) in [5.74, 6) is 0. The minimum atomic E-state index is 0.452. The molecule has 0 fully saturated rings. The number of halogens is 2. The first-order valence-electron chi connectivity index (χ1n) is 3.29. The Bertz CT molecular complexity index is 301. The molecule has 0 unspecified atom stereocenters. The smallest absolute Gasteiger partial charge is 0.151 e. The van der Waals surface area contributed by atoms with Crippen LogP contribution in [0.5, 0.6) is 0 Å². The molecule has 0 aliphatic heterocycles. The average Bonchev–Trinajstić information content (AvgIpc) is 2.10. The highest BCUT2D eigenvalue weighted by molar-refractivity contribution is 6.32. The summed E-state index contributed by atoms with van der Waals surface area (Å²) in [6, 6.07) is 6.90. The first-order valence-corrected chi connectivity index (χ1v) is 4.11. The van der Waals surface area contributed by atoms with Crippen molar-refractivity contribution in [1.82, 2.24) is 0 Å². The normalized spacial score (nSPS) is 11.3. The molecule has 1 rings (SSSR count). The van der Waals surface area contributed by atoms with Crippen molar-refractivity contribution in [3.8, 4) is 0 Å². The number of hydrogen-bond donors (Lipinski definition) is 0. The third kappa shape index (κ3) is 2.10. The highest BCUT2D eigenvalue weighted by Crippen LogP contribution is 2.16. The summed E-state index contributed by atoms with van der Waals surface area (Å²) in [7, 11) is 0. The summed E-state index contributed by atoms with van der Waals surface area (Å²) in [6.45, 7) is 0. The number of hydrogen-bond acceptors (Lipinski definition) is 1. The van der Waals surface area contributed by atoms with Crippen molar-refractivity contribution >= 4 is 35.1 Å². The van der Waals surface area contributed by atoms with Crippen molar-refractivity contribution < 1.29 is 4.79 Å². The average molecular weight is 201 g/mol. The second kappa shape index (κ2) is 4.29. The van der Waals surface area contributed by atoms with E-state index in [-0.39, 0.29) is 0 Å². The number of carbonyl (C=O) groups is 1. The second-order valence-electron chi connectivity index (χ2n) is 2.19. The summed E-state index contributed by atoms with van der Waals surface area (Å²) in [5.41, 5.74) is 2.47. The van der Waals surface area contributed by atoms with Crippen LogP contribution in [0, 0.1) is 0 Å². The maximum absolute atomic E-state index is 10.4. The standard InChI is InChI=1S/C9H6Cl2O/c10-5-8(6-12)7-1-3-9(11)4-2-7/h1-6H. The third-order valence-electron chi connectivity index (χ3n) is 1.42. The van der Waals surface area contributed by atoms with Gasteiger partial charge in [-0.05, 0) is 17.7 Å². The second-order valence-corrected chi connectivity index (χ2v) is 2.84. The van der Waals surface area contributed by atoms with Gasteiger partial charge in [-0.15, -0.1) is 0 Å². The quantitative estimate of drug-likeness (QED) is 0.530. The molecule has 1 nitrogen and oxygen atoms in total. The molecule has 0 aliphatic carbocycles.